The number of ketones is 1. The smallest absolute Gasteiger partial charge is 0.810 e. The molecule has 0 spiro atoms. The van der Waals surface area contributed by atoms with Crippen LogP contribution in [0.3, 0.4) is 0 Å². The van der Waals surface area contributed by atoms with Gasteiger partial charge in [0.25, 0.3) is 0 Å². The van der Waals surface area contributed by atoms with Crippen molar-refractivity contribution in [2.24, 2.45) is 0 Å². The average Bonchev–Trinajstić information content (AvgIpc) is 1.21. The second-order valence-corrected chi connectivity index (χ2v) is 3.01. The zero-order chi connectivity index (χ0) is 6.78. The van der Waals surface area contributed by atoms with Crippen molar-refractivity contribution in [3.05, 3.63) is 0 Å². The van der Waals surface area contributed by atoms with Crippen molar-refractivity contribution in [1.82, 2.24) is 0 Å². The fourth-order valence-corrected chi connectivity index (χ4v) is 0.818. The maximum Gasteiger partial charge on any atom is 1.00 e. The van der Waals surface area contributed by atoms with Gasteiger partial charge in [0.1, 0.15) is 5.78 Å². The molecule has 0 aromatic carbocycles. The Kier molecular flexibility index (Phi) is 13.3. The van der Waals surface area contributed by atoms with Gasteiger partial charge in [-0.05, 0) is 6.92 Å². The molecule has 0 saturated carbocycles. The number of rotatable bonds is 2. The molecule has 0 aliphatic rings. The van der Waals surface area contributed by atoms with Gasteiger partial charge in [0.15, 0.2) is 0 Å². The molecule has 48 valence electrons. The summed E-state index contributed by atoms with van der Waals surface area (Å²) in [4.78, 5) is 29.3. The molecule has 0 amide bonds. The van der Waals surface area contributed by atoms with Gasteiger partial charge in [0.2, 0.25) is 0 Å². The van der Waals surface area contributed by atoms with Crippen molar-refractivity contribution in [3.63, 3.8) is 0 Å². The number of Topliss-reactive ketones (excluding diaryl/α,β-unsaturated/α-hetero) is 1. The first kappa shape index (κ1) is 17.8. The van der Waals surface area contributed by atoms with Crippen molar-refractivity contribution < 1.29 is 78.3 Å². The summed E-state index contributed by atoms with van der Waals surface area (Å²) in [5.74, 6) is -0.613. The van der Waals surface area contributed by atoms with Crippen molar-refractivity contribution in [1.29, 1.82) is 0 Å². The number of carbonyl (C=O) groups is 1. The number of hydrogen-bond donors (Lipinski definition) is 0. The monoisotopic (exact) mass is 182 g/mol. The van der Waals surface area contributed by atoms with E-state index in [1.54, 1.807) is 0 Å². The normalized spacial score (nSPS) is 9.10. The molecule has 0 aliphatic heterocycles. The van der Waals surface area contributed by atoms with Crippen LogP contribution in [0.25, 0.3) is 0 Å². The van der Waals surface area contributed by atoms with Crippen LogP contribution in [0.1, 0.15) is 6.92 Å². The molecule has 0 unspecified atom stereocenters. The average molecular weight is 182 g/mol. The fourth-order valence-electron chi connectivity index (χ4n) is 0.273. The SMILES string of the molecule is CC(=O)CP(=O)([O-])[O-].[Na+].[Na+]. The van der Waals surface area contributed by atoms with E-state index >= 15 is 0 Å². The van der Waals surface area contributed by atoms with Crippen LogP contribution >= 0.6 is 7.60 Å². The predicted molar refractivity (Wildman–Crippen MR) is 23.2 cm³/mol. The largest absolute Gasteiger partial charge is 1.00 e. The Bertz CT molecular complexity index is 141. The first-order valence-electron chi connectivity index (χ1n) is 1.92. The summed E-state index contributed by atoms with van der Waals surface area (Å²) in [5, 5.41) is 0. The van der Waals surface area contributed by atoms with E-state index in [0.717, 1.165) is 6.92 Å². The van der Waals surface area contributed by atoms with E-state index in [1.807, 2.05) is 0 Å². The third-order valence-electron chi connectivity index (χ3n) is 0.416. The van der Waals surface area contributed by atoms with Crippen molar-refractivity contribution >= 4 is 13.4 Å². The summed E-state index contributed by atoms with van der Waals surface area (Å²) in [6.07, 6.45) is -0.868. The van der Waals surface area contributed by atoms with Crippen LogP contribution < -0.4 is 68.9 Å². The van der Waals surface area contributed by atoms with Crippen LogP contribution in [0.15, 0.2) is 0 Å². The van der Waals surface area contributed by atoms with Gasteiger partial charge < -0.3 is 14.4 Å². The van der Waals surface area contributed by atoms with Gasteiger partial charge in [-0.1, -0.05) is 7.60 Å². The first-order chi connectivity index (χ1) is 3.42. The van der Waals surface area contributed by atoms with Crippen LogP contribution in [0.5, 0.6) is 0 Å². The molecular weight excluding hydrogens is 177 g/mol. The molecule has 0 rings (SSSR count). The van der Waals surface area contributed by atoms with Crippen molar-refractivity contribution in [2.75, 3.05) is 6.16 Å². The Labute approximate surface area is 104 Å². The van der Waals surface area contributed by atoms with Crippen molar-refractivity contribution in [3.8, 4) is 0 Å². The molecule has 10 heavy (non-hydrogen) atoms. The minimum atomic E-state index is -4.57. The van der Waals surface area contributed by atoms with Gasteiger partial charge in [-0.3, -0.25) is 4.79 Å². The minimum Gasteiger partial charge on any atom is -0.810 e. The zero-order valence-corrected chi connectivity index (χ0v) is 11.2. The van der Waals surface area contributed by atoms with E-state index in [0.29, 0.717) is 0 Å². The van der Waals surface area contributed by atoms with Crippen LogP contribution in [0.4, 0.5) is 0 Å². The minimum absolute atomic E-state index is 0. The van der Waals surface area contributed by atoms with E-state index in [1.165, 1.54) is 0 Å². The van der Waals surface area contributed by atoms with E-state index in [4.69, 9.17) is 0 Å². The molecule has 0 N–H and O–H groups in total. The van der Waals surface area contributed by atoms with E-state index < -0.39 is 19.5 Å². The maximum atomic E-state index is 9.89. The molecule has 4 nitrogen and oxygen atoms in total. The molecular formula is C3H5Na2O4P. The molecule has 0 heterocycles. The first-order valence-corrected chi connectivity index (χ1v) is 3.65. The van der Waals surface area contributed by atoms with Gasteiger partial charge in [0.05, 0.1) is 0 Å². The third kappa shape index (κ3) is 16.4. The van der Waals surface area contributed by atoms with E-state index in [-0.39, 0.29) is 59.1 Å². The molecule has 7 heteroatoms. The Morgan fingerprint density at radius 1 is 1.40 bits per heavy atom. The topological polar surface area (TPSA) is 80.3 Å². The summed E-state index contributed by atoms with van der Waals surface area (Å²) in [7, 11) is -4.57. The second-order valence-electron chi connectivity index (χ2n) is 1.47. The third-order valence-corrected chi connectivity index (χ3v) is 1.25. The van der Waals surface area contributed by atoms with Crippen LogP contribution in [-0.2, 0) is 9.36 Å². The van der Waals surface area contributed by atoms with Gasteiger partial charge in [-0.25, -0.2) is 0 Å². The number of carbonyl (C=O) groups excluding carboxylic acids is 1. The maximum absolute atomic E-state index is 9.89. The Morgan fingerprint density at radius 3 is 1.70 bits per heavy atom. The summed E-state index contributed by atoms with van der Waals surface area (Å²) in [5.41, 5.74) is 0. The molecule has 0 saturated heterocycles. The second kappa shape index (κ2) is 7.47. The molecule has 0 aromatic heterocycles. The van der Waals surface area contributed by atoms with E-state index in [9.17, 15) is 19.1 Å². The van der Waals surface area contributed by atoms with Crippen LogP contribution in [0.2, 0.25) is 0 Å². The van der Waals surface area contributed by atoms with Crippen LogP contribution in [0, 0.1) is 0 Å². The molecule has 0 fully saturated rings. The quantitative estimate of drug-likeness (QED) is 0.314. The van der Waals surface area contributed by atoms with E-state index in [2.05, 4.69) is 0 Å². The Hall–Kier alpha value is 1.82. The van der Waals surface area contributed by atoms with Gasteiger partial charge in [-0.2, -0.15) is 0 Å². The fraction of sp³-hybridized carbons (Fsp3) is 0.667. The van der Waals surface area contributed by atoms with Crippen LogP contribution in [-0.4, -0.2) is 11.9 Å². The summed E-state index contributed by atoms with van der Waals surface area (Å²) in [6, 6.07) is 0. The molecule has 0 aliphatic carbocycles. The van der Waals surface area contributed by atoms with Gasteiger partial charge in [-0.15, -0.1) is 0 Å². The molecule has 0 radical (unpaired) electrons. The Morgan fingerprint density at radius 2 is 1.70 bits per heavy atom. The summed E-state index contributed by atoms with van der Waals surface area (Å²) in [6.45, 7) is 1.06. The van der Waals surface area contributed by atoms with Crippen molar-refractivity contribution in [2.45, 2.75) is 6.92 Å². The predicted octanol–water partition coefficient (Wildman–Crippen LogP) is -7.50. The summed E-state index contributed by atoms with van der Waals surface area (Å²) < 4.78 is 9.69. The summed E-state index contributed by atoms with van der Waals surface area (Å²) >= 11 is 0. The molecule has 0 aromatic rings. The zero-order valence-electron chi connectivity index (χ0n) is 6.29. The molecule has 0 bridgehead atoms. The Balaban J connectivity index is -0.000000245. The van der Waals surface area contributed by atoms with Gasteiger partial charge >= 0.3 is 59.1 Å². The number of hydrogen-bond acceptors (Lipinski definition) is 4. The van der Waals surface area contributed by atoms with Gasteiger partial charge in [0, 0.05) is 6.16 Å². The molecule has 0 atom stereocenters. The standard InChI is InChI=1S/C3H7O4P.2Na/c1-3(4)2-8(5,6)7;;/h2H2,1H3,(H2,5,6,7);;/q;2*+1/p-2.